The maximum absolute atomic E-state index is 12.2. The van der Waals surface area contributed by atoms with Gasteiger partial charge in [0.05, 0.1) is 6.61 Å². The molecule has 0 aliphatic heterocycles. The molecule has 2 amide bonds. The van der Waals surface area contributed by atoms with E-state index in [4.69, 9.17) is 14.2 Å². The smallest absolute Gasteiger partial charge is 0.407 e. The van der Waals surface area contributed by atoms with Crippen molar-refractivity contribution in [1.29, 1.82) is 0 Å². The zero-order chi connectivity index (χ0) is 23.5. The normalized spacial score (nSPS) is 22.2. The van der Waals surface area contributed by atoms with Crippen LogP contribution >= 0.6 is 0 Å². The van der Waals surface area contributed by atoms with Crippen molar-refractivity contribution in [3.05, 3.63) is 12.2 Å². The highest BCUT2D eigenvalue weighted by atomic mass is 16.6. The maximum Gasteiger partial charge on any atom is 0.407 e. The summed E-state index contributed by atoms with van der Waals surface area (Å²) in [6.45, 7) is 14.4. The molecule has 1 rings (SSSR count). The molecule has 31 heavy (non-hydrogen) atoms. The van der Waals surface area contributed by atoms with Gasteiger partial charge in [0.1, 0.15) is 13.2 Å². The Kier molecular flexibility index (Phi) is 10.9. The zero-order valence-electron chi connectivity index (χ0n) is 19.8. The second-order valence-electron chi connectivity index (χ2n) is 9.65. The molecule has 0 aromatic rings. The first kappa shape index (κ1) is 26.8. The van der Waals surface area contributed by atoms with Crippen LogP contribution in [-0.2, 0) is 19.0 Å². The van der Waals surface area contributed by atoms with Gasteiger partial charge in [0.15, 0.2) is 0 Å². The fourth-order valence-electron chi connectivity index (χ4n) is 4.32. The van der Waals surface area contributed by atoms with Crippen LogP contribution in [0.1, 0.15) is 73.1 Å². The summed E-state index contributed by atoms with van der Waals surface area (Å²) >= 11 is 0. The third-order valence-corrected chi connectivity index (χ3v) is 5.30. The number of rotatable bonds is 11. The molecule has 1 aliphatic rings. The average Bonchev–Trinajstić information content (AvgIpc) is 2.65. The monoisotopic (exact) mass is 440 g/mol. The minimum Gasteiger partial charge on any atom is -0.459 e. The zero-order valence-corrected chi connectivity index (χ0v) is 19.8. The summed E-state index contributed by atoms with van der Waals surface area (Å²) in [4.78, 5) is 35.5. The van der Waals surface area contributed by atoms with Crippen LogP contribution in [0, 0.1) is 10.8 Å². The van der Waals surface area contributed by atoms with Gasteiger partial charge in [0.25, 0.3) is 0 Å². The van der Waals surface area contributed by atoms with Crippen LogP contribution in [0.25, 0.3) is 0 Å². The first-order valence-electron chi connectivity index (χ1n) is 11.1. The van der Waals surface area contributed by atoms with Crippen molar-refractivity contribution in [2.45, 2.75) is 79.2 Å². The Bertz CT molecular complexity index is 634. The highest BCUT2D eigenvalue weighted by molar-refractivity contribution is 5.86. The summed E-state index contributed by atoms with van der Waals surface area (Å²) in [6.07, 6.45) is 4.49. The largest absolute Gasteiger partial charge is 0.459 e. The Hall–Kier alpha value is -2.25. The van der Waals surface area contributed by atoms with Crippen molar-refractivity contribution in [2.75, 3.05) is 26.4 Å². The molecular weight excluding hydrogens is 400 g/mol. The van der Waals surface area contributed by atoms with E-state index < -0.39 is 18.2 Å². The lowest BCUT2D eigenvalue weighted by Gasteiger charge is -2.46. The Morgan fingerprint density at radius 3 is 2.26 bits per heavy atom. The molecule has 0 heterocycles. The number of ether oxygens (including phenoxy) is 3. The molecule has 2 atom stereocenters. The van der Waals surface area contributed by atoms with Gasteiger partial charge in [-0.25, -0.2) is 14.4 Å². The molecule has 0 aromatic carbocycles. The highest BCUT2D eigenvalue weighted by Crippen LogP contribution is 2.45. The molecule has 1 saturated carbocycles. The Balaban J connectivity index is 2.46. The number of esters is 1. The summed E-state index contributed by atoms with van der Waals surface area (Å²) in [5.41, 5.74) is 0.111. The third kappa shape index (κ3) is 11.1. The average molecular weight is 441 g/mol. The number of hydrogen-bond acceptors (Lipinski definition) is 6. The Morgan fingerprint density at radius 2 is 1.61 bits per heavy atom. The molecule has 0 aromatic heterocycles. The number of amides is 2. The van der Waals surface area contributed by atoms with Gasteiger partial charge in [-0.3, -0.25) is 0 Å². The molecule has 1 aliphatic carbocycles. The molecule has 0 spiro atoms. The molecular formula is C23H40N2O6. The lowest BCUT2D eigenvalue weighted by atomic mass is 9.62. The first-order chi connectivity index (χ1) is 14.5. The molecule has 0 bridgehead atoms. The third-order valence-electron chi connectivity index (χ3n) is 5.30. The minimum absolute atomic E-state index is 0.00528. The van der Waals surface area contributed by atoms with Gasteiger partial charge >= 0.3 is 18.2 Å². The molecule has 1 fully saturated rings. The van der Waals surface area contributed by atoms with Gasteiger partial charge in [-0.1, -0.05) is 47.1 Å². The second kappa shape index (κ2) is 12.6. The van der Waals surface area contributed by atoms with E-state index in [0.29, 0.717) is 25.1 Å². The molecule has 8 heteroatoms. The molecule has 2 unspecified atom stereocenters. The van der Waals surface area contributed by atoms with Crippen LogP contribution in [-0.4, -0.2) is 50.6 Å². The predicted molar refractivity (Wildman–Crippen MR) is 119 cm³/mol. The number of unbranched alkanes of at least 4 members (excludes halogenated alkanes) is 2. The number of alkyl carbamates (subject to hydrolysis) is 2. The topological polar surface area (TPSA) is 103 Å². The summed E-state index contributed by atoms with van der Waals surface area (Å²) in [7, 11) is 0. The summed E-state index contributed by atoms with van der Waals surface area (Å²) in [5.74, 6) is -0.509. The maximum atomic E-state index is 12.2. The van der Waals surface area contributed by atoms with E-state index >= 15 is 0 Å². The molecule has 2 N–H and O–H groups in total. The van der Waals surface area contributed by atoms with Crippen molar-refractivity contribution in [2.24, 2.45) is 10.8 Å². The van der Waals surface area contributed by atoms with Crippen molar-refractivity contribution in [3.8, 4) is 0 Å². The van der Waals surface area contributed by atoms with E-state index in [0.717, 1.165) is 32.1 Å². The fraction of sp³-hybridized carbons (Fsp3) is 0.783. The Morgan fingerprint density at radius 1 is 0.968 bits per heavy atom. The van der Waals surface area contributed by atoms with Gasteiger partial charge < -0.3 is 24.8 Å². The van der Waals surface area contributed by atoms with Crippen LogP contribution < -0.4 is 10.6 Å². The number of nitrogens with one attached hydrogen (secondary N) is 2. The SMILES string of the molecule is C=C(C)C(=O)OCCOC(=O)NC1CC(C)(C)CC(C)(CNC(=O)OCCCCC)C1. The van der Waals surface area contributed by atoms with Crippen LogP contribution in [0.15, 0.2) is 12.2 Å². The van der Waals surface area contributed by atoms with Crippen molar-refractivity contribution < 1.29 is 28.6 Å². The molecule has 0 saturated heterocycles. The Labute approximate surface area is 186 Å². The van der Waals surface area contributed by atoms with Gasteiger partial charge in [-0.05, 0) is 43.4 Å². The minimum atomic E-state index is -0.542. The summed E-state index contributed by atoms with van der Waals surface area (Å²) < 4.78 is 15.3. The van der Waals surface area contributed by atoms with Crippen LogP contribution in [0.3, 0.4) is 0 Å². The van der Waals surface area contributed by atoms with E-state index in [9.17, 15) is 14.4 Å². The standard InChI is InChI=1S/C23H40N2O6/c1-7-8-9-10-30-20(27)24-16-23(6)14-18(13-22(4,5)15-23)25-21(28)31-12-11-29-19(26)17(2)3/h18H,2,7-16H2,1,3-6H3,(H,24,27)(H,25,28). The number of hydrogen-bond donors (Lipinski definition) is 2. The number of carbonyl (C=O) groups excluding carboxylic acids is 3. The highest BCUT2D eigenvalue weighted by Gasteiger charge is 2.42. The molecule has 0 radical (unpaired) electrons. The van der Waals surface area contributed by atoms with E-state index in [1.165, 1.54) is 0 Å². The van der Waals surface area contributed by atoms with E-state index in [-0.39, 0.29) is 30.1 Å². The molecule has 8 nitrogen and oxygen atoms in total. The fourth-order valence-corrected chi connectivity index (χ4v) is 4.32. The van der Waals surface area contributed by atoms with Crippen molar-refractivity contribution in [3.63, 3.8) is 0 Å². The first-order valence-corrected chi connectivity index (χ1v) is 11.1. The summed E-state index contributed by atoms with van der Waals surface area (Å²) in [6, 6.07) is -0.0819. The molecule has 178 valence electrons. The van der Waals surface area contributed by atoms with Crippen molar-refractivity contribution >= 4 is 18.2 Å². The van der Waals surface area contributed by atoms with Crippen LogP contribution in [0.2, 0.25) is 0 Å². The summed E-state index contributed by atoms with van der Waals surface area (Å²) in [5, 5.41) is 5.80. The van der Waals surface area contributed by atoms with Gasteiger partial charge in [0.2, 0.25) is 0 Å². The van der Waals surface area contributed by atoms with E-state index in [1.807, 2.05) is 0 Å². The van der Waals surface area contributed by atoms with Crippen LogP contribution in [0.5, 0.6) is 0 Å². The van der Waals surface area contributed by atoms with E-state index in [1.54, 1.807) is 6.92 Å². The second-order valence-corrected chi connectivity index (χ2v) is 9.65. The number of carbonyl (C=O) groups is 3. The van der Waals surface area contributed by atoms with Gasteiger partial charge in [-0.2, -0.15) is 0 Å². The lowest BCUT2D eigenvalue weighted by Crippen LogP contribution is -2.50. The van der Waals surface area contributed by atoms with E-state index in [2.05, 4.69) is 44.9 Å². The lowest BCUT2D eigenvalue weighted by molar-refractivity contribution is -0.139. The van der Waals surface area contributed by atoms with Crippen molar-refractivity contribution in [1.82, 2.24) is 10.6 Å². The quantitative estimate of drug-likeness (QED) is 0.214. The van der Waals surface area contributed by atoms with Gasteiger partial charge in [0, 0.05) is 18.2 Å². The van der Waals surface area contributed by atoms with Crippen LogP contribution in [0.4, 0.5) is 9.59 Å². The van der Waals surface area contributed by atoms with Gasteiger partial charge in [-0.15, -0.1) is 0 Å². The predicted octanol–water partition coefficient (Wildman–Crippen LogP) is 4.33.